The van der Waals surface area contributed by atoms with Crippen LogP contribution in [-0.4, -0.2) is 4.57 Å². The van der Waals surface area contributed by atoms with Crippen molar-refractivity contribution in [3.8, 4) is 0 Å². The summed E-state index contributed by atoms with van der Waals surface area (Å²) < 4.78 is 2.24. The minimum Gasteiger partial charge on any atom is -0.350 e. The molecule has 0 amide bonds. The van der Waals surface area contributed by atoms with Gasteiger partial charge in [0.15, 0.2) is 0 Å². The third kappa shape index (κ3) is 0.762. The molecule has 0 fully saturated rings. The molecule has 1 aromatic rings. The number of aryl methyl sites for hydroxylation is 1. The molecule has 2 nitrogen and oxygen atoms in total. The van der Waals surface area contributed by atoms with Crippen LogP contribution < -0.4 is 5.73 Å². The van der Waals surface area contributed by atoms with Crippen molar-refractivity contribution >= 4 is 0 Å². The van der Waals surface area contributed by atoms with Crippen molar-refractivity contribution < 1.29 is 0 Å². The Bertz CT molecular complexity index is 227. The second kappa shape index (κ2) is 2.13. The maximum Gasteiger partial charge on any atom is 0.0450 e. The SMILES string of the molecule is NC1CCCn2cccc21. The summed E-state index contributed by atoms with van der Waals surface area (Å²) in [7, 11) is 0. The minimum absolute atomic E-state index is 0.281. The second-order valence-electron chi connectivity index (χ2n) is 2.88. The molecule has 0 bridgehead atoms. The van der Waals surface area contributed by atoms with E-state index in [1.165, 1.54) is 12.1 Å². The van der Waals surface area contributed by atoms with Crippen LogP contribution in [0.1, 0.15) is 24.6 Å². The number of hydrogen-bond donors (Lipinski definition) is 1. The average molecular weight is 136 g/mol. The van der Waals surface area contributed by atoms with E-state index in [4.69, 9.17) is 5.73 Å². The van der Waals surface area contributed by atoms with E-state index < -0.39 is 0 Å². The van der Waals surface area contributed by atoms with Gasteiger partial charge in [-0.1, -0.05) is 0 Å². The molecule has 10 heavy (non-hydrogen) atoms. The second-order valence-corrected chi connectivity index (χ2v) is 2.88. The number of aromatic nitrogens is 1. The highest BCUT2D eigenvalue weighted by Crippen LogP contribution is 2.22. The lowest BCUT2D eigenvalue weighted by Gasteiger charge is -2.20. The molecule has 0 saturated carbocycles. The van der Waals surface area contributed by atoms with Gasteiger partial charge in [0.1, 0.15) is 0 Å². The minimum atomic E-state index is 0.281. The van der Waals surface area contributed by atoms with Crippen LogP contribution in [0, 0.1) is 0 Å². The van der Waals surface area contributed by atoms with Crippen molar-refractivity contribution in [3.05, 3.63) is 24.0 Å². The number of hydrogen-bond acceptors (Lipinski definition) is 1. The summed E-state index contributed by atoms with van der Waals surface area (Å²) in [5.74, 6) is 0. The van der Waals surface area contributed by atoms with Crippen LogP contribution in [0.5, 0.6) is 0 Å². The molecule has 1 unspecified atom stereocenters. The predicted molar refractivity (Wildman–Crippen MR) is 40.6 cm³/mol. The first-order valence-corrected chi connectivity index (χ1v) is 3.78. The first-order chi connectivity index (χ1) is 4.88. The van der Waals surface area contributed by atoms with Gasteiger partial charge in [-0.2, -0.15) is 0 Å². The Balaban J connectivity index is 2.41. The quantitative estimate of drug-likeness (QED) is 0.572. The van der Waals surface area contributed by atoms with Crippen molar-refractivity contribution in [2.75, 3.05) is 0 Å². The lowest BCUT2D eigenvalue weighted by molar-refractivity contribution is 0.463. The Morgan fingerprint density at radius 2 is 2.50 bits per heavy atom. The molecule has 0 aromatic carbocycles. The highest BCUT2D eigenvalue weighted by Gasteiger charge is 2.14. The molecule has 2 rings (SSSR count). The molecule has 1 aromatic heterocycles. The summed E-state index contributed by atoms with van der Waals surface area (Å²) in [6.07, 6.45) is 4.47. The first-order valence-electron chi connectivity index (χ1n) is 3.78. The summed E-state index contributed by atoms with van der Waals surface area (Å²) in [5.41, 5.74) is 7.17. The van der Waals surface area contributed by atoms with Crippen molar-refractivity contribution in [3.63, 3.8) is 0 Å². The normalized spacial score (nSPS) is 24.3. The van der Waals surface area contributed by atoms with E-state index in [0.29, 0.717) is 0 Å². The molecule has 2 N–H and O–H groups in total. The van der Waals surface area contributed by atoms with E-state index >= 15 is 0 Å². The van der Waals surface area contributed by atoms with Gasteiger partial charge in [0.2, 0.25) is 0 Å². The van der Waals surface area contributed by atoms with E-state index in [9.17, 15) is 0 Å². The fourth-order valence-corrected chi connectivity index (χ4v) is 1.60. The average Bonchev–Trinajstić information content (AvgIpc) is 2.36. The molecule has 2 heteroatoms. The Labute approximate surface area is 60.6 Å². The van der Waals surface area contributed by atoms with Gasteiger partial charge in [0.25, 0.3) is 0 Å². The van der Waals surface area contributed by atoms with Gasteiger partial charge >= 0.3 is 0 Å². The number of nitrogens with zero attached hydrogens (tertiary/aromatic N) is 1. The molecule has 0 aliphatic carbocycles. The number of nitrogens with two attached hydrogens (primary N) is 1. The summed E-state index contributed by atoms with van der Waals surface area (Å²) in [5, 5.41) is 0. The third-order valence-electron chi connectivity index (χ3n) is 2.16. The Morgan fingerprint density at radius 3 is 3.30 bits per heavy atom. The molecule has 0 radical (unpaired) electrons. The van der Waals surface area contributed by atoms with E-state index in [-0.39, 0.29) is 6.04 Å². The van der Waals surface area contributed by atoms with Gasteiger partial charge < -0.3 is 10.3 Å². The van der Waals surface area contributed by atoms with Crippen molar-refractivity contribution in [2.45, 2.75) is 25.4 Å². The third-order valence-corrected chi connectivity index (χ3v) is 2.16. The zero-order chi connectivity index (χ0) is 6.97. The lowest BCUT2D eigenvalue weighted by Crippen LogP contribution is -2.20. The largest absolute Gasteiger partial charge is 0.350 e. The maximum absolute atomic E-state index is 5.87. The zero-order valence-electron chi connectivity index (χ0n) is 5.96. The molecule has 1 aliphatic heterocycles. The highest BCUT2D eigenvalue weighted by atomic mass is 15.0. The van der Waals surface area contributed by atoms with E-state index in [1.54, 1.807) is 0 Å². The van der Waals surface area contributed by atoms with E-state index in [0.717, 1.165) is 13.0 Å². The summed E-state index contributed by atoms with van der Waals surface area (Å²) in [4.78, 5) is 0. The van der Waals surface area contributed by atoms with Crippen LogP contribution in [0.4, 0.5) is 0 Å². The maximum atomic E-state index is 5.87. The smallest absolute Gasteiger partial charge is 0.0450 e. The van der Waals surface area contributed by atoms with Gasteiger partial charge in [0.05, 0.1) is 0 Å². The van der Waals surface area contributed by atoms with Crippen molar-refractivity contribution in [2.24, 2.45) is 5.73 Å². The van der Waals surface area contributed by atoms with Gasteiger partial charge in [-0.25, -0.2) is 0 Å². The monoisotopic (exact) mass is 136 g/mol. The molecule has 1 aliphatic rings. The number of fused-ring (bicyclic) bond motifs is 1. The topological polar surface area (TPSA) is 30.9 Å². The summed E-state index contributed by atoms with van der Waals surface area (Å²) in [6.45, 7) is 1.15. The molecule has 0 saturated heterocycles. The summed E-state index contributed by atoms with van der Waals surface area (Å²) in [6, 6.07) is 4.47. The summed E-state index contributed by atoms with van der Waals surface area (Å²) >= 11 is 0. The Hall–Kier alpha value is -0.760. The fourth-order valence-electron chi connectivity index (χ4n) is 1.60. The first kappa shape index (κ1) is 5.98. The van der Waals surface area contributed by atoms with Crippen LogP contribution in [-0.2, 0) is 6.54 Å². The standard InChI is InChI=1S/C8H12N2/c9-7-3-1-5-10-6-2-4-8(7)10/h2,4,6-7H,1,3,5,9H2. The molecule has 1 atom stereocenters. The predicted octanol–water partition coefficient (Wildman–Crippen LogP) is 1.28. The van der Waals surface area contributed by atoms with E-state index in [1.807, 2.05) is 0 Å². The molecule has 2 heterocycles. The van der Waals surface area contributed by atoms with Crippen molar-refractivity contribution in [1.82, 2.24) is 4.57 Å². The van der Waals surface area contributed by atoms with Crippen LogP contribution in [0.2, 0.25) is 0 Å². The van der Waals surface area contributed by atoms with Crippen molar-refractivity contribution in [1.29, 1.82) is 0 Å². The Kier molecular flexibility index (Phi) is 1.27. The van der Waals surface area contributed by atoms with Gasteiger partial charge in [0, 0.05) is 24.5 Å². The Morgan fingerprint density at radius 1 is 1.60 bits per heavy atom. The zero-order valence-corrected chi connectivity index (χ0v) is 5.96. The lowest BCUT2D eigenvalue weighted by atomic mass is 10.1. The van der Waals surface area contributed by atoms with Crippen LogP contribution in [0.3, 0.4) is 0 Å². The molecule has 0 spiro atoms. The van der Waals surface area contributed by atoms with Crippen LogP contribution in [0.15, 0.2) is 18.3 Å². The fraction of sp³-hybridized carbons (Fsp3) is 0.500. The number of rotatable bonds is 0. The van der Waals surface area contributed by atoms with Gasteiger partial charge in [-0.05, 0) is 25.0 Å². The van der Waals surface area contributed by atoms with E-state index in [2.05, 4.69) is 22.9 Å². The van der Waals surface area contributed by atoms with Crippen LogP contribution >= 0.6 is 0 Å². The van der Waals surface area contributed by atoms with Gasteiger partial charge in [-0.15, -0.1) is 0 Å². The molecule has 54 valence electrons. The van der Waals surface area contributed by atoms with Crippen LogP contribution in [0.25, 0.3) is 0 Å². The van der Waals surface area contributed by atoms with Gasteiger partial charge in [-0.3, -0.25) is 0 Å². The highest BCUT2D eigenvalue weighted by molar-refractivity contribution is 5.13. The molecular formula is C8H12N2. The molecular weight excluding hydrogens is 124 g/mol.